The highest BCUT2D eigenvalue weighted by Gasteiger charge is 2.41. The Morgan fingerprint density at radius 2 is 1.83 bits per heavy atom. The van der Waals surface area contributed by atoms with Gasteiger partial charge in [-0.25, -0.2) is 0 Å². The van der Waals surface area contributed by atoms with Crippen molar-refractivity contribution < 1.29 is 14.3 Å². The summed E-state index contributed by atoms with van der Waals surface area (Å²) in [4.78, 5) is 27.4. The number of benzene rings is 2. The van der Waals surface area contributed by atoms with Crippen LogP contribution in [0.5, 0.6) is 5.75 Å². The molecule has 0 radical (unpaired) electrons. The zero-order chi connectivity index (χ0) is 21.1. The number of nitrogens with zero attached hydrogens (tertiary/aromatic N) is 1. The van der Waals surface area contributed by atoms with Gasteiger partial charge in [0.2, 0.25) is 0 Å². The number of amides is 2. The molecule has 1 saturated heterocycles. The van der Waals surface area contributed by atoms with Gasteiger partial charge in [0, 0.05) is 31.5 Å². The van der Waals surface area contributed by atoms with Gasteiger partial charge in [-0.2, -0.15) is 0 Å². The van der Waals surface area contributed by atoms with Crippen LogP contribution < -0.4 is 15.4 Å². The van der Waals surface area contributed by atoms with Crippen LogP contribution in [0, 0.1) is 6.92 Å². The molecular formula is C24H29N3O3. The molecule has 0 unspecified atom stereocenters. The number of hydrogen-bond donors (Lipinski definition) is 2. The van der Waals surface area contributed by atoms with Crippen LogP contribution in [-0.4, -0.2) is 42.1 Å². The highest BCUT2D eigenvalue weighted by molar-refractivity contribution is 6.03. The van der Waals surface area contributed by atoms with Crippen molar-refractivity contribution in [2.24, 2.45) is 0 Å². The molecule has 1 fully saturated rings. The summed E-state index contributed by atoms with van der Waals surface area (Å²) in [7, 11) is 0. The van der Waals surface area contributed by atoms with Crippen molar-refractivity contribution in [2.75, 3.05) is 25.0 Å². The first-order chi connectivity index (χ1) is 14.5. The van der Waals surface area contributed by atoms with Gasteiger partial charge in [0.1, 0.15) is 11.4 Å². The summed E-state index contributed by atoms with van der Waals surface area (Å²) in [5.41, 5.74) is 2.81. The Balaban J connectivity index is 1.39. The summed E-state index contributed by atoms with van der Waals surface area (Å²) in [6.45, 7) is 6.00. The standard InChI is InChI=1S/C24H29N3O3/c1-3-4-16-30-19-10-8-18(9-11-19)23(29)27-14-12-24(13-15-27)25-21-17(2)6-5-7-20(21)22(28)26-24/h5-11,25H,3-4,12-16H2,1-2H3,(H,26,28). The van der Waals surface area contributed by atoms with Crippen molar-refractivity contribution in [1.82, 2.24) is 10.2 Å². The molecule has 0 saturated carbocycles. The summed E-state index contributed by atoms with van der Waals surface area (Å²) in [6.07, 6.45) is 3.44. The topological polar surface area (TPSA) is 70.7 Å². The summed E-state index contributed by atoms with van der Waals surface area (Å²) in [6, 6.07) is 13.1. The van der Waals surface area contributed by atoms with E-state index in [1.165, 1.54) is 0 Å². The van der Waals surface area contributed by atoms with Gasteiger partial charge in [0.25, 0.3) is 11.8 Å². The predicted octanol–water partition coefficient (Wildman–Crippen LogP) is 3.96. The number of nitrogens with one attached hydrogen (secondary N) is 2. The van der Waals surface area contributed by atoms with Crippen molar-refractivity contribution in [3.63, 3.8) is 0 Å². The number of aryl methyl sites for hydroxylation is 1. The first kappa shape index (κ1) is 20.3. The number of likely N-dealkylation sites (tertiary alicyclic amines) is 1. The van der Waals surface area contributed by atoms with Crippen LogP contribution in [0.1, 0.15) is 58.9 Å². The fourth-order valence-electron chi connectivity index (χ4n) is 4.13. The lowest BCUT2D eigenvalue weighted by Gasteiger charge is -2.46. The number of piperidine rings is 1. The van der Waals surface area contributed by atoms with Crippen LogP contribution in [0.4, 0.5) is 5.69 Å². The lowest BCUT2D eigenvalue weighted by molar-refractivity contribution is 0.0639. The third-order valence-electron chi connectivity index (χ3n) is 6.01. The van der Waals surface area contributed by atoms with E-state index in [2.05, 4.69) is 17.6 Å². The van der Waals surface area contributed by atoms with Crippen LogP contribution in [-0.2, 0) is 0 Å². The van der Waals surface area contributed by atoms with Gasteiger partial charge in [0.05, 0.1) is 17.9 Å². The highest BCUT2D eigenvalue weighted by Crippen LogP contribution is 2.33. The van der Waals surface area contributed by atoms with E-state index in [-0.39, 0.29) is 11.8 Å². The van der Waals surface area contributed by atoms with Crippen LogP contribution in [0.2, 0.25) is 0 Å². The Hall–Kier alpha value is -3.02. The average molecular weight is 408 g/mol. The Morgan fingerprint density at radius 3 is 2.53 bits per heavy atom. The number of para-hydroxylation sites is 1. The molecule has 2 N–H and O–H groups in total. The minimum absolute atomic E-state index is 0.0173. The van der Waals surface area contributed by atoms with Gasteiger partial charge < -0.3 is 20.3 Å². The molecule has 2 aromatic carbocycles. The third kappa shape index (κ3) is 3.99. The first-order valence-corrected chi connectivity index (χ1v) is 10.7. The lowest BCUT2D eigenvalue weighted by atomic mass is 9.91. The quantitative estimate of drug-likeness (QED) is 0.736. The first-order valence-electron chi connectivity index (χ1n) is 10.7. The van der Waals surface area contributed by atoms with Gasteiger partial charge in [-0.1, -0.05) is 25.5 Å². The maximum Gasteiger partial charge on any atom is 0.255 e. The molecule has 6 heteroatoms. The summed E-state index contributed by atoms with van der Waals surface area (Å²) in [5.74, 6) is 0.760. The predicted molar refractivity (Wildman–Crippen MR) is 117 cm³/mol. The van der Waals surface area contributed by atoms with E-state index in [9.17, 15) is 9.59 Å². The smallest absolute Gasteiger partial charge is 0.255 e. The van der Waals surface area contributed by atoms with Crippen LogP contribution >= 0.6 is 0 Å². The second-order valence-electron chi connectivity index (χ2n) is 8.18. The van der Waals surface area contributed by atoms with Crippen LogP contribution in [0.15, 0.2) is 42.5 Å². The van der Waals surface area contributed by atoms with Gasteiger partial charge in [0.15, 0.2) is 0 Å². The molecule has 0 bridgehead atoms. The molecular weight excluding hydrogens is 378 g/mol. The Kier molecular flexibility index (Phi) is 5.66. The summed E-state index contributed by atoms with van der Waals surface area (Å²) >= 11 is 0. The summed E-state index contributed by atoms with van der Waals surface area (Å²) in [5, 5.41) is 6.70. The number of anilines is 1. The SMILES string of the molecule is CCCCOc1ccc(C(=O)N2CCC3(CC2)NC(=O)c2cccc(C)c2N3)cc1. The van der Waals surface area contributed by atoms with E-state index < -0.39 is 5.66 Å². The number of unbranched alkanes of at least 4 members (excludes halogenated alkanes) is 1. The molecule has 0 aliphatic carbocycles. The highest BCUT2D eigenvalue weighted by atomic mass is 16.5. The molecule has 158 valence electrons. The van der Waals surface area contributed by atoms with Crippen molar-refractivity contribution in [3.8, 4) is 5.75 Å². The largest absolute Gasteiger partial charge is 0.494 e. The number of carbonyl (C=O) groups excluding carboxylic acids is 2. The molecule has 2 aliphatic heterocycles. The monoisotopic (exact) mass is 407 g/mol. The minimum Gasteiger partial charge on any atom is -0.494 e. The third-order valence-corrected chi connectivity index (χ3v) is 6.01. The lowest BCUT2D eigenvalue weighted by Crippen LogP contribution is -2.62. The number of rotatable bonds is 5. The molecule has 2 heterocycles. The van der Waals surface area contributed by atoms with Crippen molar-refractivity contribution >= 4 is 17.5 Å². The second kappa shape index (κ2) is 8.38. The number of carbonyl (C=O) groups is 2. The molecule has 0 aromatic heterocycles. The van der Waals surface area contributed by atoms with Crippen LogP contribution in [0.3, 0.4) is 0 Å². The average Bonchev–Trinajstić information content (AvgIpc) is 2.75. The van der Waals surface area contributed by atoms with Gasteiger partial charge in [-0.05, 0) is 49.2 Å². The molecule has 2 aliphatic rings. The molecule has 30 heavy (non-hydrogen) atoms. The van der Waals surface area contributed by atoms with Gasteiger partial charge in [-0.15, -0.1) is 0 Å². The fourth-order valence-corrected chi connectivity index (χ4v) is 4.13. The van der Waals surface area contributed by atoms with Gasteiger partial charge >= 0.3 is 0 Å². The Labute approximate surface area is 177 Å². The van der Waals surface area contributed by atoms with Crippen molar-refractivity contribution in [1.29, 1.82) is 0 Å². The van der Waals surface area contributed by atoms with Crippen molar-refractivity contribution in [3.05, 3.63) is 59.2 Å². The van der Waals surface area contributed by atoms with E-state index in [1.54, 1.807) is 0 Å². The fraction of sp³-hybridized carbons (Fsp3) is 0.417. The van der Waals surface area contributed by atoms with Crippen LogP contribution in [0.25, 0.3) is 0 Å². The van der Waals surface area contributed by atoms with E-state index in [0.717, 1.165) is 29.8 Å². The maximum absolute atomic E-state index is 12.9. The van der Waals surface area contributed by atoms with Crippen molar-refractivity contribution in [2.45, 2.75) is 45.2 Å². The van der Waals surface area contributed by atoms with E-state index >= 15 is 0 Å². The number of hydrogen-bond acceptors (Lipinski definition) is 4. The van der Waals surface area contributed by atoms with E-state index in [4.69, 9.17) is 4.74 Å². The molecule has 6 nitrogen and oxygen atoms in total. The Morgan fingerprint density at radius 1 is 1.10 bits per heavy atom. The number of ether oxygens (including phenoxy) is 1. The normalized spacial score (nSPS) is 17.1. The van der Waals surface area contributed by atoms with E-state index in [0.29, 0.717) is 43.7 Å². The second-order valence-corrected chi connectivity index (χ2v) is 8.18. The molecule has 2 amide bonds. The maximum atomic E-state index is 12.9. The Bertz CT molecular complexity index is 931. The number of fused-ring (bicyclic) bond motifs is 1. The zero-order valence-electron chi connectivity index (χ0n) is 17.7. The van der Waals surface area contributed by atoms with Gasteiger partial charge in [-0.3, -0.25) is 9.59 Å². The van der Waals surface area contributed by atoms with E-state index in [1.807, 2.05) is 54.3 Å². The minimum atomic E-state index is -0.496. The summed E-state index contributed by atoms with van der Waals surface area (Å²) < 4.78 is 5.68. The molecule has 0 atom stereocenters. The molecule has 4 rings (SSSR count). The molecule has 1 spiro atoms. The molecule has 2 aromatic rings. The zero-order valence-corrected chi connectivity index (χ0v) is 17.7.